The predicted octanol–water partition coefficient (Wildman–Crippen LogP) is 1.24. The Morgan fingerprint density at radius 1 is 1.38 bits per heavy atom. The van der Waals surface area contributed by atoms with Crippen LogP contribution in [0.4, 0.5) is 4.79 Å². The Hall–Kier alpha value is -0.770. The Bertz CT molecular complexity index is 146. The van der Waals surface area contributed by atoms with Crippen molar-refractivity contribution in [1.29, 1.82) is 0 Å². The van der Waals surface area contributed by atoms with Crippen LogP contribution in [-0.2, 0) is 4.74 Å². The van der Waals surface area contributed by atoms with Crippen LogP contribution in [0.25, 0.3) is 0 Å². The second kappa shape index (κ2) is 6.71. The van der Waals surface area contributed by atoms with Crippen LogP contribution in [-0.4, -0.2) is 41.9 Å². The zero-order valence-electron chi connectivity index (χ0n) is 8.62. The number of hydrogen-bond acceptors (Lipinski definition) is 3. The van der Waals surface area contributed by atoms with E-state index in [1.165, 1.54) is 0 Å². The molecule has 1 amide bonds. The Morgan fingerprint density at radius 3 is 2.31 bits per heavy atom. The smallest absolute Gasteiger partial charge is 0.409 e. The molecule has 0 aliphatic heterocycles. The lowest BCUT2D eigenvalue weighted by Crippen LogP contribution is -2.33. The Kier molecular flexibility index (Phi) is 6.32. The summed E-state index contributed by atoms with van der Waals surface area (Å²) in [5.74, 6) is 0. The fourth-order valence-electron chi connectivity index (χ4n) is 0.858. The van der Waals surface area contributed by atoms with E-state index >= 15 is 0 Å². The summed E-state index contributed by atoms with van der Waals surface area (Å²) in [7, 11) is 0. The SMILES string of the molecule is CCC(O)COC(=O)N(CC)CC. The lowest BCUT2D eigenvalue weighted by atomic mass is 10.3. The van der Waals surface area contributed by atoms with Gasteiger partial charge in [-0.1, -0.05) is 6.92 Å². The van der Waals surface area contributed by atoms with Crippen molar-refractivity contribution in [3.8, 4) is 0 Å². The van der Waals surface area contributed by atoms with Crippen LogP contribution in [0, 0.1) is 0 Å². The van der Waals surface area contributed by atoms with Crippen molar-refractivity contribution in [1.82, 2.24) is 4.90 Å². The summed E-state index contributed by atoms with van der Waals surface area (Å²) < 4.78 is 4.88. The van der Waals surface area contributed by atoms with Gasteiger partial charge in [-0.3, -0.25) is 0 Å². The second-order valence-electron chi connectivity index (χ2n) is 2.81. The molecule has 1 N–H and O–H groups in total. The van der Waals surface area contributed by atoms with Crippen molar-refractivity contribution in [2.45, 2.75) is 33.3 Å². The van der Waals surface area contributed by atoms with Crippen LogP contribution in [0.15, 0.2) is 0 Å². The van der Waals surface area contributed by atoms with E-state index in [9.17, 15) is 4.79 Å². The maximum absolute atomic E-state index is 11.2. The van der Waals surface area contributed by atoms with Gasteiger partial charge in [0.25, 0.3) is 0 Å². The van der Waals surface area contributed by atoms with Gasteiger partial charge in [0.05, 0.1) is 6.10 Å². The minimum Gasteiger partial charge on any atom is -0.447 e. The topological polar surface area (TPSA) is 49.8 Å². The van der Waals surface area contributed by atoms with Gasteiger partial charge in [0.1, 0.15) is 6.61 Å². The summed E-state index contributed by atoms with van der Waals surface area (Å²) in [6, 6.07) is 0. The molecular formula is C9H19NO3. The van der Waals surface area contributed by atoms with Crippen molar-refractivity contribution in [2.24, 2.45) is 0 Å². The highest BCUT2D eigenvalue weighted by Crippen LogP contribution is 1.96. The molecule has 78 valence electrons. The molecule has 4 nitrogen and oxygen atoms in total. The highest BCUT2D eigenvalue weighted by Gasteiger charge is 2.11. The van der Waals surface area contributed by atoms with E-state index in [0.29, 0.717) is 19.5 Å². The average Bonchev–Trinajstić information content (AvgIpc) is 2.16. The number of ether oxygens (including phenoxy) is 1. The number of hydrogen-bond donors (Lipinski definition) is 1. The number of amides is 1. The van der Waals surface area contributed by atoms with Crippen LogP contribution in [0.3, 0.4) is 0 Å². The van der Waals surface area contributed by atoms with Crippen LogP contribution < -0.4 is 0 Å². The normalized spacial score (nSPS) is 12.3. The monoisotopic (exact) mass is 189 g/mol. The molecule has 0 aromatic heterocycles. The third kappa shape index (κ3) is 4.72. The van der Waals surface area contributed by atoms with Crippen LogP contribution >= 0.6 is 0 Å². The van der Waals surface area contributed by atoms with E-state index in [-0.39, 0.29) is 12.7 Å². The standard InChI is InChI=1S/C9H19NO3/c1-4-8(11)7-13-9(12)10(5-2)6-3/h8,11H,4-7H2,1-3H3. The van der Waals surface area contributed by atoms with E-state index in [1.807, 2.05) is 20.8 Å². The first kappa shape index (κ1) is 12.2. The lowest BCUT2D eigenvalue weighted by molar-refractivity contribution is 0.0479. The molecule has 4 heteroatoms. The lowest BCUT2D eigenvalue weighted by Gasteiger charge is -2.19. The van der Waals surface area contributed by atoms with Gasteiger partial charge in [0.15, 0.2) is 0 Å². The summed E-state index contributed by atoms with van der Waals surface area (Å²) >= 11 is 0. The first-order valence-electron chi connectivity index (χ1n) is 4.75. The Morgan fingerprint density at radius 2 is 1.92 bits per heavy atom. The van der Waals surface area contributed by atoms with Crippen LogP contribution in [0.2, 0.25) is 0 Å². The van der Waals surface area contributed by atoms with Gasteiger partial charge in [-0.15, -0.1) is 0 Å². The molecule has 0 aromatic rings. The highest BCUT2D eigenvalue weighted by molar-refractivity contribution is 5.67. The maximum atomic E-state index is 11.2. The van der Waals surface area contributed by atoms with Gasteiger partial charge in [-0.05, 0) is 20.3 Å². The molecule has 13 heavy (non-hydrogen) atoms. The molecule has 0 saturated heterocycles. The average molecular weight is 189 g/mol. The zero-order valence-corrected chi connectivity index (χ0v) is 8.62. The minimum atomic E-state index is -0.542. The van der Waals surface area contributed by atoms with Gasteiger partial charge >= 0.3 is 6.09 Å². The molecule has 0 bridgehead atoms. The summed E-state index contributed by atoms with van der Waals surface area (Å²) in [6.07, 6.45) is -0.289. The van der Waals surface area contributed by atoms with E-state index in [1.54, 1.807) is 4.90 Å². The van der Waals surface area contributed by atoms with E-state index in [0.717, 1.165) is 0 Å². The fraction of sp³-hybridized carbons (Fsp3) is 0.889. The Balaban J connectivity index is 3.72. The number of aliphatic hydroxyl groups is 1. The molecule has 1 unspecified atom stereocenters. The fourth-order valence-corrected chi connectivity index (χ4v) is 0.858. The number of aliphatic hydroxyl groups excluding tert-OH is 1. The molecule has 0 aromatic carbocycles. The third-order valence-electron chi connectivity index (χ3n) is 1.89. The molecule has 0 aliphatic rings. The molecule has 0 aliphatic carbocycles. The van der Waals surface area contributed by atoms with Crippen LogP contribution in [0.5, 0.6) is 0 Å². The van der Waals surface area contributed by atoms with Gasteiger partial charge in [-0.2, -0.15) is 0 Å². The van der Waals surface area contributed by atoms with Crippen molar-refractivity contribution in [3.05, 3.63) is 0 Å². The molecule has 1 atom stereocenters. The molecule has 0 saturated carbocycles. The number of carbonyl (C=O) groups is 1. The molecular weight excluding hydrogens is 170 g/mol. The van der Waals surface area contributed by atoms with E-state index in [4.69, 9.17) is 9.84 Å². The van der Waals surface area contributed by atoms with Crippen molar-refractivity contribution in [3.63, 3.8) is 0 Å². The first-order chi connectivity index (χ1) is 6.15. The van der Waals surface area contributed by atoms with E-state index < -0.39 is 6.10 Å². The molecule has 0 radical (unpaired) electrons. The van der Waals surface area contributed by atoms with Gasteiger partial charge < -0.3 is 14.7 Å². The summed E-state index contributed by atoms with van der Waals surface area (Å²) in [5.41, 5.74) is 0. The minimum absolute atomic E-state index is 0.0891. The molecule has 0 heterocycles. The van der Waals surface area contributed by atoms with Crippen molar-refractivity contribution < 1.29 is 14.6 Å². The molecule has 0 rings (SSSR count). The van der Waals surface area contributed by atoms with Gasteiger partial charge in [0, 0.05) is 13.1 Å². The maximum Gasteiger partial charge on any atom is 0.409 e. The van der Waals surface area contributed by atoms with Gasteiger partial charge in [-0.25, -0.2) is 4.79 Å². The van der Waals surface area contributed by atoms with E-state index in [2.05, 4.69) is 0 Å². The van der Waals surface area contributed by atoms with Crippen LogP contribution in [0.1, 0.15) is 27.2 Å². The number of rotatable bonds is 5. The first-order valence-corrected chi connectivity index (χ1v) is 4.75. The second-order valence-corrected chi connectivity index (χ2v) is 2.81. The third-order valence-corrected chi connectivity index (χ3v) is 1.89. The van der Waals surface area contributed by atoms with Crippen molar-refractivity contribution in [2.75, 3.05) is 19.7 Å². The van der Waals surface area contributed by atoms with Crippen molar-refractivity contribution >= 4 is 6.09 Å². The summed E-state index contributed by atoms with van der Waals surface area (Å²) in [5, 5.41) is 9.14. The molecule has 0 fully saturated rings. The Labute approximate surface area is 79.5 Å². The largest absolute Gasteiger partial charge is 0.447 e. The summed E-state index contributed by atoms with van der Waals surface area (Å²) in [6.45, 7) is 6.98. The van der Waals surface area contributed by atoms with Gasteiger partial charge in [0.2, 0.25) is 0 Å². The summed E-state index contributed by atoms with van der Waals surface area (Å²) in [4.78, 5) is 12.8. The highest BCUT2D eigenvalue weighted by atomic mass is 16.6. The number of carbonyl (C=O) groups excluding carboxylic acids is 1. The molecule has 0 spiro atoms. The predicted molar refractivity (Wildman–Crippen MR) is 50.6 cm³/mol. The number of nitrogens with zero attached hydrogens (tertiary/aromatic N) is 1. The quantitative estimate of drug-likeness (QED) is 0.707. The zero-order chi connectivity index (χ0) is 10.3.